The van der Waals surface area contributed by atoms with Crippen LogP contribution in [-0.2, 0) is 9.59 Å². The Morgan fingerprint density at radius 2 is 1.82 bits per heavy atom. The highest BCUT2D eigenvalue weighted by atomic mass is 16.5. The molecule has 1 N–H and O–H groups in total. The molecule has 1 heterocycles. The molecule has 0 radical (unpaired) electrons. The van der Waals surface area contributed by atoms with E-state index in [0.717, 1.165) is 31.5 Å². The number of piperidine rings is 1. The second-order valence-electron chi connectivity index (χ2n) is 5.78. The minimum absolute atomic E-state index is 0.0108. The number of carbonyl (C=O) groups is 2. The first-order valence-corrected chi connectivity index (χ1v) is 7.84. The molecule has 120 valence electrons. The van der Waals surface area contributed by atoms with Gasteiger partial charge in [-0.2, -0.15) is 0 Å². The SMILES string of the molecule is Cc1ccc(OCC(=O)NC(C)C(=O)N2CCCCC2)cc1. The Labute approximate surface area is 131 Å². The largest absolute Gasteiger partial charge is 0.484 e. The van der Waals surface area contributed by atoms with Crippen LogP contribution in [0.15, 0.2) is 24.3 Å². The molecular weight excluding hydrogens is 280 g/mol. The first-order valence-electron chi connectivity index (χ1n) is 7.84. The van der Waals surface area contributed by atoms with Crippen LogP contribution in [0.1, 0.15) is 31.7 Å². The minimum atomic E-state index is -0.507. The van der Waals surface area contributed by atoms with E-state index in [1.54, 1.807) is 6.92 Å². The van der Waals surface area contributed by atoms with Gasteiger partial charge in [-0.3, -0.25) is 9.59 Å². The minimum Gasteiger partial charge on any atom is -0.484 e. The molecule has 0 saturated carbocycles. The van der Waals surface area contributed by atoms with Gasteiger partial charge < -0.3 is 15.0 Å². The van der Waals surface area contributed by atoms with Crippen molar-refractivity contribution in [1.29, 1.82) is 0 Å². The van der Waals surface area contributed by atoms with Gasteiger partial charge in [0.25, 0.3) is 5.91 Å². The van der Waals surface area contributed by atoms with E-state index in [2.05, 4.69) is 5.32 Å². The van der Waals surface area contributed by atoms with Crippen LogP contribution in [0.2, 0.25) is 0 Å². The topological polar surface area (TPSA) is 58.6 Å². The highest BCUT2D eigenvalue weighted by Gasteiger charge is 2.23. The number of hydrogen-bond donors (Lipinski definition) is 1. The van der Waals surface area contributed by atoms with Gasteiger partial charge in [-0.15, -0.1) is 0 Å². The highest BCUT2D eigenvalue weighted by Crippen LogP contribution is 2.11. The number of aryl methyl sites for hydroxylation is 1. The molecule has 1 unspecified atom stereocenters. The number of nitrogens with one attached hydrogen (secondary N) is 1. The number of nitrogens with zero attached hydrogens (tertiary/aromatic N) is 1. The molecule has 1 fully saturated rings. The van der Waals surface area contributed by atoms with Gasteiger partial charge in [0, 0.05) is 13.1 Å². The summed E-state index contributed by atoms with van der Waals surface area (Å²) in [4.78, 5) is 25.9. The molecule has 0 aliphatic carbocycles. The molecule has 0 bridgehead atoms. The molecule has 2 amide bonds. The molecule has 22 heavy (non-hydrogen) atoms. The summed E-state index contributed by atoms with van der Waals surface area (Å²) in [5.41, 5.74) is 1.14. The van der Waals surface area contributed by atoms with Crippen molar-refractivity contribution in [3.05, 3.63) is 29.8 Å². The van der Waals surface area contributed by atoms with E-state index in [1.165, 1.54) is 6.42 Å². The van der Waals surface area contributed by atoms with Crippen LogP contribution < -0.4 is 10.1 Å². The van der Waals surface area contributed by atoms with Gasteiger partial charge in [0.1, 0.15) is 11.8 Å². The molecule has 0 aromatic heterocycles. The Bertz CT molecular complexity index is 507. The number of ether oxygens (including phenoxy) is 1. The third-order valence-electron chi connectivity index (χ3n) is 3.81. The molecule has 5 heteroatoms. The van der Waals surface area contributed by atoms with Gasteiger partial charge in [0.05, 0.1) is 0 Å². The van der Waals surface area contributed by atoms with E-state index in [1.807, 2.05) is 36.1 Å². The van der Waals surface area contributed by atoms with Crippen molar-refractivity contribution in [3.63, 3.8) is 0 Å². The molecule has 1 aromatic rings. The maximum atomic E-state index is 12.2. The predicted molar refractivity (Wildman–Crippen MR) is 84.7 cm³/mol. The van der Waals surface area contributed by atoms with E-state index in [0.29, 0.717) is 5.75 Å². The second kappa shape index (κ2) is 7.82. The normalized spacial score (nSPS) is 16.0. The summed E-state index contributed by atoms with van der Waals surface area (Å²) >= 11 is 0. The first-order chi connectivity index (χ1) is 10.6. The summed E-state index contributed by atoms with van der Waals surface area (Å²) in [5.74, 6) is 0.359. The molecule has 1 aromatic carbocycles. The third-order valence-corrected chi connectivity index (χ3v) is 3.81. The molecule has 1 aliphatic heterocycles. The zero-order valence-electron chi connectivity index (χ0n) is 13.3. The number of hydrogen-bond acceptors (Lipinski definition) is 3. The lowest BCUT2D eigenvalue weighted by Gasteiger charge is -2.29. The van der Waals surface area contributed by atoms with Crippen molar-refractivity contribution in [2.45, 2.75) is 39.2 Å². The molecule has 1 aliphatic rings. The van der Waals surface area contributed by atoms with Gasteiger partial charge in [0.2, 0.25) is 5.91 Å². The summed E-state index contributed by atoms with van der Waals surface area (Å²) < 4.78 is 5.41. The zero-order valence-corrected chi connectivity index (χ0v) is 13.3. The predicted octanol–water partition coefficient (Wildman–Crippen LogP) is 1.89. The van der Waals surface area contributed by atoms with E-state index in [4.69, 9.17) is 4.74 Å². The summed E-state index contributed by atoms with van der Waals surface area (Å²) in [6.07, 6.45) is 3.26. The van der Waals surface area contributed by atoms with Crippen molar-refractivity contribution in [1.82, 2.24) is 10.2 Å². The van der Waals surface area contributed by atoms with E-state index in [-0.39, 0.29) is 18.4 Å². The Morgan fingerprint density at radius 1 is 1.18 bits per heavy atom. The fourth-order valence-electron chi connectivity index (χ4n) is 2.52. The standard InChI is InChI=1S/C17H24N2O3/c1-13-6-8-15(9-7-13)22-12-16(20)18-14(2)17(21)19-10-4-3-5-11-19/h6-9,14H,3-5,10-12H2,1-2H3,(H,18,20). The van der Waals surface area contributed by atoms with Crippen molar-refractivity contribution in [2.24, 2.45) is 0 Å². The Morgan fingerprint density at radius 3 is 2.45 bits per heavy atom. The lowest BCUT2D eigenvalue weighted by molar-refractivity contribution is -0.137. The fourth-order valence-corrected chi connectivity index (χ4v) is 2.52. The lowest BCUT2D eigenvalue weighted by Crippen LogP contribution is -2.49. The summed E-state index contributed by atoms with van der Waals surface area (Å²) in [5, 5.41) is 2.70. The molecule has 1 saturated heterocycles. The van der Waals surface area contributed by atoms with Crippen molar-refractivity contribution in [3.8, 4) is 5.75 Å². The Kier molecular flexibility index (Phi) is 5.81. The summed E-state index contributed by atoms with van der Waals surface area (Å²) in [7, 11) is 0. The number of likely N-dealkylation sites (tertiary alicyclic amines) is 1. The van der Waals surface area contributed by atoms with Crippen LogP contribution >= 0.6 is 0 Å². The van der Waals surface area contributed by atoms with Crippen LogP contribution in [0.3, 0.4) is 0 Å². The second-order valence-corrected chi connectivity index (χ2v) is 5.78. The molecule has 2 rings (SSSR count). The van der Waals surface area contributed by atoms with Crippen molar-refractivity contribution in [2.75, 3.05) is 19.7 Å². The number of carbonyl (C=O) groups excluding carboxylic acids is 2. The third kappa shape index (κ3) is 4.76. The number of benzene rings is 1. The van der Waals surface area contributed by atoms with Crippen molar-refractivity contribution < 1.29 is 14.3 Å². The maximum absolute atomic E-state index is 12.2. The monoisotopic (exact) mass is 304 g/mol. The van der Waals surface area contributed by atoms with Gasteiger partial charge in [0.15, 0.2) is 6.61 Å². The smallest absolute Gasteiger partial charge is 0.258 e. The van der Waals surface area contributed by atoms with Crippen LogP contribution in [0, 0.1) is 6.92 Å². The Hall–Kier alpha value is -2.04. The fraction of sp³-hybridized carbons (Fsp3) is 0.529. The van der Waals surface area contributed by atoms with E-state index in [9.17, 15) is 9.59 Å². The van der Waals surface area contributed by atoms with Gasteiger partial charge in [-0.05, 0) is 45.2 Å². The van der Waals surface area contributed by atoms with Gasteiger partial charge in [-0.25, -0.2) is 0 Å². The van der Waals surface area contributed by atoms with Crippen LogP contribution in [0.5, 0.6) is 5.75 Å². The molecule has 5 nitrogen and oxygen atoms in total. The summed E-state index contributed by atoms with van der Waals surface area (Å²) in [6.45, 7) is 5.21. The first kappa shape index (κ1) is 16.3. The average molecular weight is 304 g/mol. The number of amides is 2. The van der Waals surface area contributed by atoms with E-state index >= 15 is 0 Å². The quantitative estimate of drug-likeness (QED) is 0.904. The van der Waals surface area contributed by atoms with Gasteiger partial charge >= 0.3 is 0 Å². The lowest BCUT2D eigenvalue weighted by atomic mass is 10.1. The zero-order chi connectivity index (χ0) is 15.9. The van der Waals surface area contributed by atoms with Crippen LogP contribution in [-0.4, -0.2) is 42.5 Å². The average Bonchev–Trinajstić information content (AvgIpc) is 2.54. The number of rotatable bonds is 5. The van der Waals surface area contributed by atoms with E-state index < -0.39 is 6.04 Å². The van der Waals surface area contributed by atoms with Crippen LogP contribution in [0.25, 0.3) is 0 Å². The molecule has 0 spiro atoms. The molecule has 1 atom stereocenters. The Balaban J connectivity index is 1.75. The van der Waals surface area contributed by atoms with Gasteiger partial charge in [-0.1, -0.05) is 17.7 Å². The molecular formula is C17H24N2O3. The summed E-state index contributed by atoms with van der Waals surface area (Å²) in [6, 6.07) is 6.99. The highest BCUT2D eigenvalue weighted by molar-refractivity contribution is 5.87. The van der Waals surface area contributed by atoms with Crippen molar-refractivity contribution >= 4 is 11.8 Å². The maximum Gasteiger partial charge on any atom is 0.258 e. The van der Waals surface area contributed by atoms with Crippen LogP contribution in [0.4, 0.5) is 0 Å².